The highest BCUT2D eigenvalue weighted by Gasteiger charge is 2.30. The number of hydrazine groups is 1. The molecule has 9 nitrogen and oxygen atoms in total. The van der Waals surface area contributed by atoms with E-state index in [9.17, 15) is 4.79 Å². The molecule has 0 saturated carbocycles. The topological polar surface area (TPSA) is 110 Å². The summed E-state index contributed by atoms with van der Waals surface area (Å²) in [6.45, 7) is 1.25. The number of thiophene rings is 1. The van der Waals surface area contributed by atoms with E-state index in [2.05, 4.69) is 20.7 Å². The molecule has 1 unspecified atom stereocenters. The molecule has 1 atom stereocenters. The third-order valence-electron chi connectivity index (χ3n) is 4.99. The molecule has 1 aliphatic heterocycles. The summed E-state index contributed by atoms with van der Waals surface area (Å²) in [5, 5.41) is 7.64. The zero-order chi connectivity index (χ0) is 21.9. The van der Waals surface area contributed by atoms with Gasteiger partial charge in [-0.3, -0.25) is 10.2 Å². The van der Waals surface area contributed by atoms with Gasteiger partial charge in [-0.1, -0.05) is 0 Å². The first-order valence-corrected chi connectivity index (χ1v) is 10.9. The Morgan fingerprint density at radius 2 is 2.09 bits per heavy atom. The lowest BCUT2D eigenvalue weighted by Gasteiger charge is -2.24. The van der Waals surface area contributed by atoms with Gasteiger partial charge in [-0.2, -0.15) is 0 Å². The molecule has 0 fully saturated rings. The molecule has 0 bridgehead atoms. The SMILES string of the molecule is NC1=NC(Nc2ccc(OCCn3ccnc3)cc2)N(C(=O)c2ccc3sccc3c2)N1. The number of hydrogen-bond donors (Lipinski definition) is 3. The van der Waals surface area contributed by atoms with E-state index >= 15 is 0 Å². The Morgan fingerprint density at radius 1 is 1.22 bits per heavy atom. The number of carbonyl (C=O) groups excluding carboxylic acids is 1. The highest BCUT2D eigenvalue weighted by molar-refractivity contribution is 7.17. The molecule has 0 aliphatic carbocycles. The van der Waals surface area contributed by atoms with E-state index < -0.39 is 6.29 Å². The van der Waals surface area contributed by atoms with Gasteiger partial charge in [0.25, 0.3) is 5.91 Å². The molecule has 0 radical (unpaired) electrons. The summed E-state index contributed by atoms with van der Waals surface area (Å²) in [5.74, 6) is 0.700. The van der Waals surface area contributed by atoms with Crippen molar-refractivity contribution < 1.29 is 9.53 Å². The number of carbonyl (C=O) groups is 1. The summed E-state index contributed by atoms with van der Waals surface area (Å²) in [6.07, 6.45) is 4.71. The van der Waals surface area contributed by atoms with Crippen LogP contribution in [0.3, 0.4) is 0 Å². The van der Waals surface area contributed by atoms with Crippen LogP contribution in [-0.4, -0.2) is 39.3 Å². The Labute approximate surface area is 188 Å². The van der Waals surface area contributed by atoms with Crippen LogP contribution in [0.1, 0.15) is 10.4 Å². The van der Waals surface area contributed by atoms with E-state index in [1.807, 2.05) is 64.7 Å². The predicted molar refractivity (Wildman–Crippen MR) is 124 cm³/mol. The van der Waals surface area contributed by atoms with Crippen molar-refractivity contribution >= 4 is 39.0 Å². The van der Waals surface area contributed by atoms with Gasteiger partial charge in [0.05, 0.1) is 12.9 Å². The Hall–Kier alpha value is -4.05. The van der Waals surface area contributed by atoms with Gasteiger partial charge < -0.3 is 20.4 Å². The second-order valence-electron chi connectivity index (χ2n) is 7.17. The fourth-order valence-electron chi connectivity index (χ4n) is 3.38. The number of nitrogens with two attached hydrogens (primary N) is 1. The number of amides is 1. The average Bonchev–Trinajstić information content (AvgIpc) is 3.55. The Kier molecular flexibility index (Phi) is 5.34. The van der Waals surface area contributed by atoms with Crippen LogP contribution in [0.2, 0.25) is 0 Å². The number of guanidine groups is 1. The lowest BCUT2D eigenvalue weighted by molar-refractivity contribution is 0.0678. The smallest absolute Gasteiger partial charge is 0.275 e. The first kappa shape index (κ1) is 19.9. The fraction of sp³-hybridized carbons (Fsp3) is 0.136. The molecule has 10 heteroatoms. The van der Waals surface area contributed by atoms with Crippen LogP contribution in [0, 0.1) is 0 Å². The fourth-order valence-corrected chi connectivity index (χ4v) is 4.16. The minimum Gasteiger partial charge on any atom is -0.492 e. The first-order valence-electron chi connectivity index (χ1n) is 10.0. The molecular formula is C22H21N7O2S. The molecule has 162 valence electrons. The number of fused-ring (bicyclic) bond motifs is 1. The minimum atomic E-state index is -0.673. The van der Waals surface area contributed by atoms with Crippen LogP contribution in [0.5, 0.6) is 5.75 Å². The molecule has 5 rings (SSSR count). The monoisotopic (exact) mass is 447 g/mol. The summed E-state index contributed by atoms with van der Waals surface area (Å²) in [5.41, 5.74) is 10.0. The minimum absolute atomic E-state index is 0.173. The highest BCUT2D eigenvalue weighted by Crippen LogP contribution is 2.24. The molecule has 2 aromatic heterocycles. The molecule has 0 saturated heterocycles. The van der Waals surface area contributed by atoms with Crippen LogP contribution < -0.4 is 21.2 Å². The van der Waals surface area contributed by atoms with Crippen molar-refractivity contribution in [1.82, 2.24) is 20.0 Å². The third kappa shape index (κ3) is 4.21. The average molecular weight is 448 g/mol. The molecule has 2 aromatic carbocycles. The second-order valence-corrected chi connectivity index (χ2v) is 8.11. The van der Waals surface area contributed by atoms with E-state index in [4.69, 9.17) is 10.5 Å². The van der Waals surface area contributed by atoms with E-state index in [0.29, 0.717) is 12.2 Å². The normalized spacial score (nSPS) is 15.4. The molecule has 1 amide bonds. The summed E-state index contributed by atoms with van der Waals surface area (Å²) < 4.78 is 8.85. The van der Waals surface area contributed by atoms with E-state index in [1.54, 1.807) is 23.9 Å². The number of rotatable bonds is 7. The Balaban J connectivity index is 1.23. The standard InChI is InChI=1S/C22H21N7O2S/c23-21-26-22(29(27-21)20(30)16-1-6-19-15(13-16)7-12-32-19)25-17-2-4-18(5-3-17)31-11-10-28-9-8-24-14-28/h1-9,12-14,22,25H,10-11H2,(H3,23,26,27). The number of hydrogen-bond acceptors (Lipinski definition) is 8. The number of aromatic nitrogens is 2. The molecule has 0 spiro atoms. The van der Waals surface area contributed by atoms with Crippen LogP contribution in [0.25, 0.3) is 10.1 Å². The maximum atomic E-state index is 13.1. The number of nitrogens with one attached hydrogen (secondary N) is 2. The molecule has 4 N–H and O–H groups in total. The van der Waals surface area contributed by atoms with Gasteiger partial charge in [-0.05, 0) is 59.3 Å². The van der Waals surface area contributed by atoms with Crippen LogP contribution in [0.4, 0.5) is 5.69 Å². The van der Waals surface area contributed by atoms with Crippen LogP contribution in [-0.2, 0) is 6.54 Å². The number of imidazole rings is 1. The zero-order valence-electron chi connectivity index (χ0n) is 17.0. The van der Waals surface area contributed by atoms with Crippen molar-refractivity contribution in [2.24, 2.45) is 10.7 Å². The van der Waals surface area contributed by atoms with Crippen molar-refractivity contribution in [1.29, 1.82) is 0 Å². The number of anilines is 1. The van der Waals surface area contributed by atoms with Gasteiger partial charge in [0.1, 0.15) is 12.4 Å². The predicted octanol–water partition coefficient (Wildman–Crippen LogP) is 2.85. The highest BCUT2D eigenvalue weighted by atomic mass is 32.1. The molecule has 3 heterocycles. The van der Waals surface area contributed by atoms with Gasteiger partial charge in [-0.15, -0.1) is 11.3 Å². The van der Waals surface area contributed by atoms with Gasteiger partial charge in [0, 0.05) is 28.3 Å². The third-order valence-corrected chi connectivity index (χ3v) is 5.88. The van der Waals surface area contributed by atoms with Crippen molar-refractivity contribution in [2.75, 3.05) is 11.9 Å². The van der Waals surface area contributed by atoms with Gasteiger partial charge in [0.15, 0.2) is 0 Å². The summed E-state index contributed by atoms with van der Waals surface area (Å²) in [4.78, 5) is 21.4. The number of aliphatic imine (C=N–C) groups is 1. The first-order chi connectivity index (χ1) is 15.7. The van der Waals surface area contributed by atoms with Gasteiger partial charge in [-0.25, -0.2) is 15.0 Å². The van der Waals surface area contributed by atoms with E-state index in [1.165, 1.54) is 5.01 Å². The number of nitrogens with zero attached hydrogens (tertiary/aromatic N) is 4. The quantitative estimate of drug-likeness (QED) is 0.402. The molecule has 32 heavy (non-hydrogen) atoms. The van der Waals surface area contributed by atoms with Crippen molar-refractivity contribution in [3.8, 4) is 5.75 Å². The van der Waals surface area contributed by atoms with Crippen LogP contribution >= 0.6 is 11.3 Å². The zero-order valence-corrected chi connectivity index (χ0v) is 17.8. The van der Waals surface area contributed by atoms with Crippen LogP contribution in [0.15, 0.2) is 77.6 Å². The Morgan fingerprint density at radius 3 is 2.91 bits per heavy atom. The lowest BCUT2D eigenvalue weighted by Crippen LogP contribution is -2.49. The molecule has 4 aromatic rings. The van der Waals surface area contributed by atoms with Gasteiger partial charge >= 0.3 is 0 Å². The maximum absolute atomic E-state index is 13.1. The molecular weight excluding hydrogens is 426 g/mol. The maximum Gasteiger partial charge on any atom is 0.275 e. The van der Waals surface area contributed by atoms with E-state index in [0.717, 1.165) is 28.1 Å². The lowest BCUT2D eigenvalue weighted by atomic mass is 10.1. The Bertz CT molecular complexity index is 1250. The van der Waals surface area contributed by atoms with E-state index in [-0.39, 0.29) is 11.9 Å². The van der Waals surface area contributed by atoms with Gasteiger partial charge in [0.2, 0.25) is 12.2 Å². The number of ether oxygens (including phenoxy) is 1. The van der Waals surface area contributed by atoms with Crippen molar-refractivity contribution in [2.45, 2.75) is 12.8 Å². The summed E-state index contributed by atoms with van der Waals surface area (Å²) in [6, 6.07) is 15.1. The van der Waals surface area contributed by atoms with Crippen molar-refractivity contribution in [3.05, 3.63) is 78.2 Å². The second kappa shape index (κ2) is 8.60. The van der Waals surface area contributed by atoms with Crippen molar-refractivity contribution in [3.63, 3.8) is 0 Å². The summed E-state index contributed by atoms with van der Waals surface area (Å²) in [7, 11) is 0. The number of benzene rings is 2. The largest absolute Gasteiger partial charge is 0.492 e. The molecule has 1 aliphatic rings. The summed E-state index contributed by atoms with van der Waals surface area (Å²) >= 11 is 1.64.